The molecule has 0 spiro atoms. The van der Waals surface area contributed by atoms with E-state index in [1.807, 2.05) is 32.2 Å². The Morgan fingerprint density at radius 1 is 1.35 bits per heavy atom. The molecule has 1 aliphatic rings. The molecule has 1 aromatic carbocycles. The standard InChI is InChI=1S/C19H18N4O3/c1-11-15-8-13(10-20-16(15)23(3)22-11)21-18(25)19(2)9-12-6-4-5-7-14(12)17(24)26-19/h4-8,10H,9H2,1-3H3,(H,21,25). The van der Waals surface area contributed by atoms with Gasteiger partial charge < -0.3 is 10.1 Å². The molecule has 1 amide bonds. The van der Waals surface area contributed by atoms with Crippen LogP contribution in [0.3, 0.4) is 0 Å². The average molecular weight is 350 g/mol. The number of fused-ring (bicyclic) bond motifs is 2. The van der Waals surface area contributed by atoms with Gasteiger partial charge in [-0.25, -0.2) is 9.78 Å². The third-order valence-electron chi connectivity index (χ3n) is 4.68. The molecule has 0 aliphatic carbocycles. The molecule has 0 fully saturated rings. The third-order valence-corrected chi connectivity index (χ3v) is 4.68. The summed E-state index contributed by atoms with van der Waals surface area (Å²) in [7, 11) is 1.82. The van der Waals surface area contributed by atoms with E-state index in [1.165, 1.54) is 0 Å². The number of aromatic nitrogens is 3. The lowest BCUT2D eigenvalue weighted by molar-refractivity contribution is -0.134. The lowest BCUT2D eigenvalue weighted by Crippen LogP contribution is -2.48. The van der Waals surface area contributed by atoms with E-state index in [-0.39, 0.29) is 5.91 Å². The summed E-state index contributed by atoms with van der Waals surface area (Å²) in [6.45, 7) is 3.51. The van der Waals surface area contributed by atoms with Crippen LogP contribution in [0.1, 0.15) is 28.5 Å². The fourth-order valence-electron chi connectivity index (χ4n) is 3.30. The molecule has 0 bridgehead atoms. The Morgan fingerprint density at radius 2 is 2.12 bits per heavy atom. The number of nitrogens with one attached hydrogen (secondary N) is 1. The van der Waals surface area contributed by atoms with Crippen LogP contribution >= 0.6 is 0 Å². The summed E-state index contributed by atoms with van der Waals surface area (Å²) < 4.78 is 7.15. The minimum atomic E-state index is -1.27. The molecule has 0 saturated carbocycles. The van der Waals surface area contributed by atoms with Crippen LogP contribution in [-0.4, -0.2) is 32.2 Å². The van der Waals surface area contributed by atoms with Crippen molar-refractivity contribution in [3.8, 4) is 0 Å². The highest BCUT2D eigenvalue weighted by Gasteiger charge is 2.42. The monoisotopic (exact) mass is 350 g/mol. The second-order valence-electron chi connectivity index (χ2n) is 6.71. The number of carbonyl (C=O) groups is 2. The summed E-state index contributed by atoms with van der Waals surface area (Å²) in [6.07, 6.45) is 1.89. The first-order valence-corrected chi connectivity index (χ1v) is 8.29. The van der Waals surface area contributed by atoms with E-state index in [4.69, 9.17) is 4.74 Å². The van der Waals surface area contributed by atoms with Crippen molar-refractivity contribution >= 4 is 28.6 Å². The van der Waals surface area contributed by atoms with Crippen molar-refractivity contribution in [2.24, 2.45) is 7.05 Å². The molecule has 26 heavy (non-hydrogen) atoms. The van der Waals surface area contributed by atoms with Crippen molar-refractivity contribution in [2.45, 2.75) is 25.9 Å². The van der Waals surface area contributed by atoms with Crippen LogP contribution in [0.5, 0.6) is 0 Å². The minimum Gasteiger partial charge on any atom is -0.445 e. The molecule has 1 aliphatic heterocycles. The van der Waals surface area contributed by atoms with Crippen molar-refractivity contribution in [1.29, 1.82) is 0 Å². The number of nitrogens with zero attached hydrogens (tertiary/aromatic N) is 3. The maximum Gasteiger partial charge on any atom is 0.339 e. The zero-order valence-electron chi connectivity index (χ0n) is 14.7. The second-order valence-corrected chi connectivity index (χ2v) is 6.71. The number of cyclic esters (lactones) is 1. The summed E-state index contributed by atoms with van der Waals surface area (Å²) >= 11 is 0. The van der Waals surface area contributed by atoms with E-state index in [9.17, 15) is 9.59 Å². The topological polar surface area (TPSA) is 86.1 Å². The predicted molar refractivity (Wildman–Crippen MR) is 95.8 cm³/mol. The number of aryl methyl sites for hydroxylation is 2. The van der Waals surface area contributed by atoms with E-state index in [2.05, 4.69) is 15.4 Å². The first-order valence-electron chi connectivity index (χ1n) is 8.29. The number of esters is 1. The minimum absolute atomic E-state index is 0.322. The number of ether oxygens (including phenoxy) is 1. The number of hydrogen-bond acceptors (Lipinski definition) is 5. The molecular weight excluding hydrogens is 332 g/mol. The van der Waals surface area contributed by atoms with Gasteiger partial charge in [0.05, 0.1) is 23.1 Å². The Balaban J connectivity index is 1.62. The summed E-state index contributed by atoms with van der Waals surface area (Å²) in [4.78, 5) is 29.4. The van der Waals surface area contributed by atoms with Crippen LogP contribution in [0.4, 0.5) is 5.69 Å². The van der Waals surface area contributed by atoms with Crippen LogP contribution in [-0.2, 0) is 23.0 Å². The van der Waals surface area contributed by atoms with Crippen molar-refractivity contribution in [2.75, 3.05) is 5.32 Å². The summed E-state index contributed by atoms with van der Waals surface area (Å²) in [5.74, 6) is -0.871. The molecule has 3 heterocycles. The number of pyridine rings is 1. The highest BCUT2D eigenvalue weighted by atomic mass is 16.6. The average Bonchev–Trinajstić information content (AvgIpc) is 2.88. The van der Waals surface area contributed by atoms with Crippen molar-refractivity contribution in [3.63, 3.8) is 0 Å². The Kier molecular flexibility index (Phi) is 3.54. The summed E-state index contributed by atoms with van der Waals surface area (Å²) in [5.41, 5.74) is 2.14. The first kappa shape index (κ1) is 16.3. The SMILES string of the molecule is Cc1nn(C)c2ncc(NC(=O)C3(C)Cc4ccccc4C(=O)O3)cc12. The number of carbonyl (C=O) groups excluding carboxylic acids is 2. The first-order chi connectivity index (χ1) is 12.4. The van der Waals surface area contributed by atoms with Gasteiger partial charge in [-0.05, 0) is 31.5 Å². The van der Waals surface area contributed by atoms with Crippen LogP contribution < -0.4 is 5.32 Å². The van der Waals surface area contributed by atoms with Crippen molar-refractivity contribution in [1.82, 2.24) is 14.8 Å². The fourth-order valence-corrected chi connectivity index (χ4v) is 3.30. The largest absolute Gasteiger partial charge is 0.445 e. The van der Waals surface area contributed by atoms with Gasteiger partial charge in [-0.2, -0.15) is 5.10 Å². The van der Waals surface area contributed by atoms with E-state index in [0.717, 1.165) is 22.3 Å². The molecule has 1 unspecified atom stereocenters. The maximum atomic E-state index is 12.8. The third kappa shape index (κ3) is 2.52. The molecule has 7 heteroatoms. The van der Waals surface area contributed by atoms with Gasteiger partial charge in [-0.1, -0.05) is 18.2 Å². The highest BCUT2D eigenvalue weighted by molar-refractivity contribution is 6.03. The molecule has 0 radical (unpaired) electrons. The molecule has 132 valence electrons. The lowest BCUT2D eigenvalue weighted by atomic mass is 9.89. The Hall–Kier alpha value is -3.22. The number of hydrogen-bond donors (Lipinski definition) is 1. The van der Waals surface area contributed by atoms with Gasteiger partial charge in [0.1, 0.15) is 0 Å². The zero-order chi connectivity index (χ0) is 18.5. The second kappa shape index (κ2) is 5.66. The molecule has 7 nitrogen and oxygen atoms in total. The Labute approximate surface area is 150 Å². The van der Waals surface area contributed by atoms with E-state index >= 15 is 0 Å². The van der Waals surface area contributed by atoms with Crippen molar-refractivity contribution < 1.29 is 14.3 Å². The molecule has 4 rings (SSSR count). The zero-order valence-corrected chi connectivity index (χ0v) is 14.7. The van der Waals surface area contributed by atoms with Crippen LogP contribution in [0.2, 0.25) is 0 Å². The van der Waals surface area contributed by atoms with Crippen LogP contribution in [0.25, 0.3) is 11.0 Å². The maximum absolute atomic E-state index is 12.8. The van der Waals surface area contributed by atoms with E-state index < -0.39 is 11.6 Å². The number of anilines is 1. The number of amides is 1. The number of rotatable bonds is 2. The quantitative estimate of drug-likeness (QED) is 0.717. The van der Waals surface area contributed by atoms with Gasteiger partial charge in [0, 0.05) is 18.9 Å². The van der Waals surface area contributed by atoms with Crippen LogP contribution in [0, 0.1) is 6.92 Å². The van der Waals surface area contributed by atoms with Gasteiger partial charge >= 0.3 is 5.97 Å². The Morgan fingerprint density at radius 3 is 2.92 bits per heavy atom. The van der Waals surface area contributed by atoms with Crippen molar-refractivity contribution in [3.05, 3.63) is 53.3 Å². The van der Waals surface area contributed by atoms with E-state index in [1.54, 1.807) is 29.9 Å². The molecule has 0 saturated heterocycles. The normalized spacial score (nSPS) is 19.1. The van der Waals surface area contributed by atoms with E-state index in [0.29, 0.717) is 17.7 Å². The van der Waals surface area contributed by atoms with Crippen LogP contribution in [0.15, 0.2) is 36.5 Å². The highest BCUT2D eigenvalue weighted by Crippen LogP contribution is 2.29. The fraction of sp³-hybridized carbons (Fsp3) is 0.263. The molecule has 3 aromatic rings. The van der Waals surface area contributed by atoms with Gasteiger partial charge in [0.15, 0.2) is 11.2 Å². The molecule has 2 aromatic heterocycles. The predicted octanol–water partition coefficient (Wildman–Crippen LogP) is 2.39. The van der Waals surface area contributed by atoms with Gasteiger partial charge in [-0.3, -0.25) is 9.48 Å². The molecule has 1 N–H and O–H groups in total. The van der Waals surface area contributed by atoms with Gasteiger partial charge in [0.25, 0.3) is 5.91 Å². The number of benzene rings is 1. The Bertz CT molecular complexity index is 1060. The lowest BCUT2D eigenvalue weighted by Gasteiger charge is -2.33. The smallest absolute Gasteiger partial charge is 0.339 e. The summed E-state index contributed by atoms with van der Waals surface area (Å²) in [5, 5.41) is 8.00. The van der Waals surface area contributed by atoms with Gasteiger partial charge in [0.2, 0.25) is 0 Å². The molecule has 1 atom stereocenters. The molecular formula is C19H18N4O3. The van der Waals surface area contributed by atoms with Gasteiger partial charge in [-0.15, -0.1) is 0 Å². The summed E-state index contributed by atoms with van der Waals surface area (Å²) in [6, 6.07) is 9.00.